The maximum Gasteiger partial charge on any atom is 0.203 e. The Morgan fingerprint density at radius 1 is 1.07 bits per heavy atom. The van der Waals surface area contributed by atoms with Crippen LogP contribution in [0.15, 0.2) is 73.1 Å². The van der Waals surface area contributed by atoms with Gasteiger partial charge in [0.05, 0.1) is 29.6 Å². The molecule has 0 radical (unpaired) electrons. The first-order valence-electron chi connectivity index (χ1n) is 9.21. The standard InChI is InChI=1S/C23H19N5O/c1-16-9-17(12-24)7-8-22(16)19-10-21(15-28(29)14-19)25-13-20-11-23(27-26-20)18-5-3-2-4-6-18/h2-11,14-15,25H,13H2,1H3,(H,26,27). The van der Waals surface area contributed by atoms with Crippen LogP contribution in [0.25, 0.3) is 22.4 Å². The van der Waals surface area contributed by atoms with Crippen molar-refractivity contribution in [2.24, 2.45) is 0 Å². The highest BCUT2D eigenvalue weighted by Crippen LogP contribution is 2.25. The fraction of sp³-hybridized carbons (Fsp3) is 0.0870. The Bertz CT molecular complexity index is 1190. The molecular weight excluding hydrogens is 362 g/mol. The minimum atomic E-state index is 0.485. The Morgan fingerprint density at radius 3 is 2.66 bits per heavy atom. The lowest BCUT2D eigenvalue weighted by atomic mass is 10.00. The van der Waals surface area contributed by atoms with E-state index in [-0.39, 0.29) is 0 Å². The molecule has 0 aliphatic rings. The second-order valence-corrected chi connectivity index (χ2v) is 6.81. The van der Waals surface area contributed by atoms with E-state index in [1.807, 2.05) is 61.5 Å². The molecule has 142 valence electrons. The smallest absolute Gasteiger partial charge is 0.203 e. The van der Waals surface area contributed by atoms with Gasteiger partial charge in [0.1, 0.15) is 5.69 Å². The van der Waals surface area contributed by atoms with Crippen LogP contribution in [0.3, 0.4) is 0 Å². The predicted molar refractivity (Wildman–Crippen MR) is 112 cm³/mol. The van der Waals surface area contributed by atoms with E-state index in [4.69, 9.17) is 5.26 Å². The topological polar surface area (TPSA) is 91.4 Å². The molecule has 0 saturated carbocycles. The molecule has 0 saturated heterocycles. The number of anilines is 1. The van der Waals surface area contributed by atoms with Gasteiger partial charge in [0, 0.05) is 5.56 Å². The van der Waals surface area contributed by atoms with Crippen molar-refractivity contribution in [3.05, 3.63) is 95.1 Å². The molecule has 2 aromatic heterocycles. The van der Waals surface area contributed by atoms with E-state index in [1.165, 1.54) is 12.4 Å². The third-order valence-corrected chi connectivity index (χ3v) is 4.70. The minimum Gasteiger partial charge on any atom is -0.619 e. The van der Waals surface area contributed by atoms with Crippen LogP contribution in [0.1, 0.15) is 16.8 Å². The lowest BCUT2D eigenvalue weighted by Crippen LogP contribution is -2.25. The average Bonchev–Trinajstić information content (AvgIpc) is 3.21. The van der Waals surface area contributed by atoms with Gasteiger partial charge in [0.2, 0.25) is 6.20 Å². The predicted octanol–water partition coefficient (Wildman–Crippen LogP) is 4.17. The van der Waals surface area contributed by atoms with Gasteiger partial charge < -0.3 is 10.5 Å². The Kier molecular flexibility index (Phi) is 4.95. The lowest BCUT2D eigenvalue weighted by Gasteiger charge is -2.10. The maximum atomic E-state index is 12.1. The molecule has 0 aliphatic carbocycles. The molecule has 0 fully saturated rings. The molecule has 2 heterocycles. The van der Waals surface area contributed by atoms with Gasteiger partial charge >= 0.3 is 0 Å². The zero-order chi connectivity index (χ0) is 20.2. The third kappa shape index (κ3) is 4.09. The highest BCUT2D eigenvalue weighted by Gasteiger charge is 2.10. The molecule has 4 rings (SSSR count). The van der Waals surface area contributed by atoms with Crippen molar-refractivity contribution < 1.29 is 4.73 Å². The molecule has 0 unspecified atom stereocenters. The first kappa shape index (κ1) is 18.3. The van der Waals surface area contributed by atoms with Crippen molar-refractivity contribution in [3.8, 4) is 28.5 Å². The summed E-state index contributed by atoms with van der Waals surface area (Å²) in [6.07, 6.45) is 3.02. The molecule has 0 amide bonds. The van der Waals surface area contributed by atoms with Gasteiger partial charge in [-0.1, -0.05) is 36.4 Å². The average molecular weight is 381 g/mol. The Labute approximate surface area is 168 Å². The largest absolute Gasteiger partial charge is 0.619 e. The van der Waals surface area contributed by atoms with E-state index >= 15 is 0 Å². The molecule has 6 nitrogen and oxygen atoms in total. The number of hydrogen-bond donors (Lipinski definition) is 2. The number of benzene rings is 2. The summed E-state index contributed by atoms with van der Waals surface area (Å²) in [6.45, 7) is 2.42. The molecule has 2 aromatic carbocycles. The number of rotatable bonds is 5. The summed E-state index contributed by atoms with van der Waals surface area (Å²) in [5.74, 6) is 0. The number of aryl methyl sites for hydroxylation is 1. The van der Waals surface area contributed by atoms with Gasteiger partial charge in [-0.3, -0.25) is 5.10 Å². The monoisotopic (exact) mass is 381 g/mol. The van der Waals surface area contributed by atoms with Gasteiger partial charge in [-0.15, -0.1) is 0 Å². The van der Waals surface area contributed by atoms with Crippen LogP contribution >= 0.6 is 0 Å². The van der Waals surface area contributed by atoms with Gasteiger partial charge in [-0.25, -0.2) is 0 Å². The second-order valence-electron chi connectivity index (χ2n) is 6.81. The van der Waals surface area contributed by atoms with Gasteiger partial charge in [0.15, 0.2) is 6.20 Å². The summed E-state index contributed by atoms with van der Waals surface area (Å²) >= 11 is 0. The lowest BCUT2D eigenvalue weighted by molar-refractivity contribution is -0.604. The zero-order valence-electron chi connectivity index (χ0n) is 15.9. The fourth-order valence-corrected chi connectivity index (χ4v) is 3.27. The highest BCUT2D eigenvalue weighted by atomic mass is 16.5. The van der Waals surface area contributed by atoms with Crippen molar-refractivity contribution in [2.45, 2.75) is 13.5 Å². The van der Waals surface area contributed by atoms with Crippen molar-refractivity contribution in [1.29, 1.82) is 5.26 Å². The first-order chi connectivity index (χ1) is 14.1. The summed E-state index contributed by atoms with van der Waals surface area (Å²) in [5, 5.41) is 31.8. The molecule has 4 aromatic rings. The van der Waals surface area contributed by atoms with Gasteiger partial charge in [0.25, 0.3) is 0 Å². The molecule has 29 heavy (non-hydrogen) atoms. The number of aromatic amines is 1. The first-order valence-corrected chi connectivity index (χ1v) is 9.21. The molecule has 0 aliphatic heterocycles. The van der Waals surface area contributed by atoms with Gasteiger partial charge in [-0.05, 0) is 47.9 Å². The SMILES string of the molecule is Cc1cc(C#N)ccc1-c1cc(NCc2cc(-c3ccccc3)[nH]n2)c[n+]([O-])c1. The van der Waals surface area contributed by atoms with Crippen LogP contribution in [-0.4, -0.2) is 10.2 Å². The number of nitriles is 1. The molecule has 6 heteroatoms. The van der Waals surface area contributed by atoms with Crippen molar-refractivity contribution >= 4 is 5.69 Å². The van der Waals surface area contributed by atoms with Crippen LogP contribution in [0.4, 0.5) is 5.69 Å². The number of nitrogens with zero attached hydrogens (tertiary/aromatic N) is 3. The van der Waals surface area contributed by atoms with E-state index in [1.54, 1.807) is 6.07 Å². The molecule has 0 atom stereocenters. The Morgan fingerprint density at radius 2 is 1.90 bits per heavy atom. The highest BCUT2D eigenvalue weighted by molar-refractivity contribution is 5.70. The summed E-state index contributed by atoms with van der Waals surface area (Å²) in [6, 6.07) is 21.5. The fourth-order valence-electron chi connectivity index (χ4n) is 3.27. The van der Waals surface area contributed by atoms with Crippen LogP contribution < -0.4 is 10.0 Å². The summed E-state index contributed by atoms with van der Waals surface area (Å²) in [4.78, 5) is 0. The van der Waals surface area contributed by atoms with Gasteiger partial charge in [-0.2, -0.15) is 15.1 Å². The van der Waals surface area contributed by atoms with E-state index in [2.05, 4.69) is 21.6 Å². The summed E-state index contributed by atoms with van der Waals surface area (Å²) in [5.41, 5.74) is 6.82. The van der Waals surface area contributed by atoms with Crippen molar-refractivity contribution in [2.75, 3.05) is 5.32 Å². The molecule has 0 spiro atoms. The molecule has 2 N–H and O–H groups in total. The van der Waals surface area contributed by atoms with Crippen LogP contribution in [0.2, 0.25) is 0 Å². The van der Waals surface area contributed by atoms with E-state index in [0.29, 0.717) is 17.8 Å². The van der Waals surface area contributed by atoms with E-state index < -0.39 is 0 Å². The van der Waals surface area contributed by atoms with Crippen molar-refractivity contribution in [1.82, 2.24) is 10.2 Å². The number of nitrogens with one attached hydrogen (secondary N) is 2. The Hall–Kier alpha value is -4.11. The maximum absolute atomic E-state index is 12.1. The third-order valence-electron chi connectivity index (χ3n) is 4.70. The molecule has 0 bridgehead atoms. The van der Waals surface area contributed by atoms with E-state index in [0.717, 1.165) is 38.4 Å². The number of aromatic nitrogens is 3. The van der Waals surface area contributed by atoms with Crippen LogP contribution in [0.5, 0.6) is 0 Å². The van der Waals surface area contributed by atoms with Crippen molar-refractivity contribution in [3.63, 3.8) is 0 Å². The molecular formula is C23H19N5O. The van der Waals surface area contributed by atoms with Crippen LogP contribution in [-0.2, 0) is 6.54 Å². The van der Waals surface area contributed by atoms with Crippen LogP contribution in [0, 0.1) is 23.5 Å². The number of H-pyrrole nitrogens is 1. The zero-order valence-corrected chi connectivity index (χ0v) is 15.9. The number of pyridine rings is 1. The Balaban J connectivity index is 1.53. The quantitative estimate of drug-likeness (QED) is 0.401. The van der Waals surface area contributed by atoms with E-state index in [9.17, 15) is 5.21 Å². The summed E-state index contributed by atoms with van der Waals surface area (Å²) < 4.78 is 0.787. The second kappa shape index (κ2) is 7.87. The number of hydrogen-bond acceptors (Lipinski definition) is 4. The minimum absolute atomic E-state index is 0.485. The normalized spacial score (nSPS) is 10.5. The summed E-state index contributed by atoms with van der Waals surface area (Å²) in [7, 11) is 0.